The van der Waals surface area contributed by atoms with Crippen molar-refractivity contribution in [3.05, 3.63) is 23.3 Å². The highest BCUT2D eigenvalue weighted by molar-refractivity contribution is 7.89. The number of sulfonamides is 1. The van der Waals surface area contributed by atoms with Crippen molar-refractivity contribution in [1.29, 1.82) is 0 Å². The minimum atomic E-state index is -3.52. The smallest absolute Gasteiger partial charge is 0.244 e. The van der Waals surface area contributed by atoms with E-state index in [4.69, 9.17) is 4.74 Å². The van der Waals surface area contributed by atoms with Gasteiger partial charge in [0.2, 0.25) is 10.0 Å². The summed E-state index contributed by atoms with van der Waals surface area (Å²) in [4.78, 5) is 0.244. The maximum atomic E-state index is 12.6. The Kier molecular flexibility index (Phi) is 4.70. The standard InChI is InChI=1S/C15H23NO3S/c1-11-9-14(19-3)15(10-12(11)2)20(17,18)16-13-7-5-4-6-8-13/h9-10,13,16H,4-8H2,1-3H3. The molecule has 1 aromatic rings. The molecule has 0 radical (unpaired) electrons. The lowest BCUT2D eigenvalue weighted by atomic mass is 9.96. The first-order chi connectivity index (χ1) is 9.44. The van der Waals surface area contributed by atoms with E-state index in [0.29, 0.717) is 5.75 Å². The van der Waals surface area contributed by atoms with Crippen LogP contribution in [-0.4, -0.2) is 21.6 Å². The molecule has 4 nitrogen and oxygen atoms in total. The van der Waals surface area contributed by atoms with Gasteiger partial charge in [0.25, 0.3) is 0 Å². The summed E-state index contributed by atoms with van der Waals surface area (Å²) in [7, 11) is -2.01. The summed E-state index contributed by atoms with van der Waals surface area (Å²) in [5.41, 5.74) is 1.98. The fraction of sp³-hybridized carbons (Fsp3) is 0.600. The SMILES string of the molecule is COc1cc(C)c(C)cc1S(=O)(=O)NC1CCCCC1. The average Bonchev–Trinajstić information content (AvgIpc) is 2.42. The van der Waals surface area contributed by atoms with Crippen LogP contribution in [0.2, 0.25) is 0 Å². The quantitative estimate of drug-likeness (QED) is 0.929. The molecule has 0 bridgehead atoms. The summed E-state index contributed by atoms with van der Waals surface area (Å²) < 4.78 is 33.2. The fourth-order valence-electron chi connectivity index (χ4n) is 2.64. The number of ether oxygens (including phenoxy) is 1. The third-order valence-corrected chi connectivity index (χ3v) is 5.54. The number of nitrogens with one attached hydrogen (secondary N) is 1. The summed E-state index contributed by atoms with van der Waals surface area (Å²) in [6.07, 6.45) is 5.23. The third kappa shape index (κ3) is 3.33. The number of benzene rings is 1. The van der Waals surface area contributed by atoms with E-state index in [1.807, 2.05) is 13.8 Å². The molecular weight excluding hydrogens is 274 g/mol. The molecule has 1 fully saturated rings. The lowest BCUT2D eigenvalue weighted by Crippen LogP contribution is -2.36. The van der Waals surface area contributed by atoms with Crippen LogP contribution >= 0.6 is 0 Å². The largest absolute Gasteiger partial charge is 0.495 e. The second-order valence-electron chi connectivity index (χ2n) is 5.54. The molecule has 1 saturated carbocycles. The van der Waals surface area contributed by atoms with Gasteiger partial charge in [-0.15, -0.1) is 0 Å². The highest BCUT2D eigenvalue weighted by Gasteiger charge is 2.25. The van der Waals surface area contributed by atoms with Gasteiger partial charge < -0.3 is 4.74 Å². The molecule has 5 heteroatoms. The molecule has 0 spiro atoms. The van der Waals surface area contributed by atoms with E-state index < -0.39 is 10.0 Å². The van der Waals surface area contributed by atoms with Gasteiger partial charge in [-0.25, -0.2) is 13.1 Å². The minimum absolute atomic E-state index is 0.0556. The van der Waals surface area contributed by atoms with Crippen molar-refractivity contribution >= 4 is 10.0 Å². The second kappa shape index (κ2) is 6.14. The predicted molar refractivity (Wildman–Crippen MR) is 79.7 cm³/mol. The van der Waals surface area contributed by atoms with Crippen molar-refractivity contribution in [2.45, 2.75) is 56.9 Å². The maximum Gasteiger partial charge on any atom is 0.244 e. The number of rotatable bonds is 4. The highest BCUT2D eigenvalue weighted by Crippen LogP contribution is 2.28. The summed E-state index contributed by atoms with van der Waals surface area (Å²) in [5, 5.41) is 0. The second-order valence-corrected chi connectivity index (χ2v) is 7.23. The van der Waals surface area contributed by atoms with Gasteiger partial charge in [0.15, 0.2) is 0 Å². The van der Waals surface area contributed by atoms with Crippen LogP contribution in [-0.2, 0) is 10.0 Å². The Labute approximate surface area is 121 Å². The van der Waals surface area contributed by atoms with Crippen molar-refractivity contribution < 1.29 is 13.2 Å². The van der Waals surface area contributed by atoms with Crippen molar-refractivity contribution in [3.8, 4) is 5.75 Å². The number of methoxy groups -OCH3 is 1. The van der Waals surface area contributed by atoms with Crippen molar-refractivity contribution in [1.82, 2.24) is 4.72 Å². The van der Waals surface area contributed by atoms with Crippen molar-refractivity contribution in [3.63, 3.8) is 0 Å². The van der Waals surface area contributed by atoms with Gasteiger partial charge in [0, 0.05) is 6.04 Å². The van der Waals surface area contributed by atoms with E-state index in [9.17, 15) is 8.42 Å². The molecule has 112 valence electrons. The van der Waals surface area contributed by atoms with Gasteiger partial charge >= 0.3 is 0 Å². The van der Waals surface area contributed by atoms with Crippen LogP contribution in [0.5, 0.6) is 5.75 Å². The number of aryl methyl sites for hydroxylation is 2. The van der Waals surface area contributed by atoms with Gasteiger partial charge in [-0.2, -0.15) is 0 Å². The monoisotopic (exact) mass is 297 g/mol. The number of hydrogen-bond donors (Lipinski definition) is 1. The van der Waals surface area contributed by atoms with Gasteiger partial charge in [-0.1, -0.05) is 19.3 Å². The average molecular weight is 297 g/mol. The van der Waals surface area contributed by atoms with E-state index in [-0.39, 0.29) is 10.9 Å². The summed E-state index contributed by atoms with van der Waals surface area (Å²) in [6.45, 7) is 3.86. The zero-order chi connectivity index (χ0) is 14.8. The molecule has 0 saturated heterocycles. The molecule has 0 amide bonds. The molecule has 0 aromatic heterocycles. The number of hydrogen-bond acceptors (Lipinski definition) is 3. The summed E-state index contributed by atoms with van der Waals surface area (Å²) in [5.74, 6) is 0.413. The molecule has 0 heterocycles. The van der Waals surface area contributed by atoms with Crippen LogP contribution in [0.1, 0.15) is 43.2 Å². The van der Waals surface area contributed by atoms with Crippen LogP contribution < -0.4 is 9.46 Å². The van der Waals surface area contributed by atoms with Gasteiger partial charge in [0.1, 0.15) is 10.6 Å². The van der Waals surface area contributed by atoms with Gasteiger partial charge in [-0.05, 0) is 49.9 Å². The van der Waals surface area contributed by atoms with E-state index in [1.54, 1.807) is 12.1 Å². The van der Waals surface area contributed by atoms with Gasteiger partial charge in [-0.3, -0.25) is 0 Å². The molecule has 1 aliphatic carbocycles. The Morgan fingerprint density at radius 2 is 1.70 bits per heavy atom. The van der Waals surface area contributed by atoms with Gasteiger partial charge in [0.05, 0.1) is 7.11 Å². The Morgan fingerprint density at radius 1 is 1.10 bits per heavy atom. The normalized spacial score (nSPS) is 17.1. The molecule has 1 N–H and O–H groups in total. The molecule has 0 aliphatic heterocycles. The Hall–Kier alpha value is -1.07. The molecule has 1 aromatic carbocycles. The molecular formula is C15H23NO3S. The molecule has 0 atom stereocenters. The van der Waals surface area contributed by atoms with Crippen LogP contribution in [0.25, 0.3) is 0 Å². The Bertz CT molecular complexity index is 575. The summed E-state index contributed by atoms with van der Waals surface area (Å²) in [6, 6.07) is 3.53. The van der Waals surface area contributed by atoms with E-state index in [2.05, 4.69) is 4.72 Å². The van der Waals surface area contributed by atoms with Crippen molar-refractivity contribution in [2.24, 2.45) is 0 Å². The third-order valence-electron chi connectivity index (χ3n) is 4.00. The zero-order valence-electron chi connectivity index (χ0n) is 12.4. The molecule has 1 aliphatic rings. The lowest BCUT2D eigenvalue weighted by molar-refractivity contribution is 0.396. The highest BCUT2D eigenvalue weighted by atomic mass is 32.2. The Morgan fingerprint density at radius 3 is 2.30 bits per heavy atom. The molecule has 20 heavy (non-hydrogen) atoms. The first kappa shape index (κ1) is 15.3. The van der Waals surface area contributed by atoms with E-state index >= 15 is 0 Å². The van der Waals surface area contributed by atoms with Crippen LogP contribution in [0.4, 0.5) is 0 Å². The molecule has 2 rings (SSSR count). The fourth-order valence-corrected chi connectivity index (χ4v) is 4.18. The van der Waals surface area contributed by atoms with Crippen LogP contribution in [0, 0.1) is 13.8 Å². The maximum absolute atomic E-state index is 12.6. The Balaban J connectivity index is 2.30. The lowest BCUT2D eigenvalue weighted by Gasteiger charge is -2.23. The summed E-state index contributed by atoms with van der Waals surface area (Å²) >= 11 is 0. The molecule has 0 unspecified atom stereocenters. The van der Waals surface area contributed by atoms with Crippen LogP contribution in [0.15, 0.2) is 17.0 Å². The predicted octanol–water partition coefficient (Wildman–Crippen LogP) is 2.92. The first-order valence-electron chi connectivity index (χ1n) is 7.11. The topological polar surface area (TPSA) is 55.4 Å². The van der Waals surface area contributed by atoms with E-state index in [1.165, 1.54) is 13.5 Å². The van der Waals surface area contributed by atoms with Crippen molar-refractivity contribution in [2.75, 3.05) is 7.11 Å². The first-order valence-corrected chi connectivity index (χ1v) is 8.60. The van der Waals surface area contributed by atoms with E-state index in [0.717, 1.165) is 36.8 Å². The van der Waals surface area contributed by atoms with Crippen LogP contribution in [0.3, 0.4) is 0 Å². The zero-order valence-corrected chi connectivity index (χ0v) is 13.2. The minimum Gasteiger partial charge on any atom is -0.495 e.